The third-order valence-corrected chi connectivity index (χ3v) is 4.22. The molecule has 0 saturated carbocycles. The lowest BCUT2D eigenvalue weighted by Crippen LogP contribution is -2.41. The molecule has 1 aromatic carbocycles. The molecular weight excluding hydrogens is 278 g/mol. The molecule has 20 heavy (non-hydrogen) atoms. The minimum absolute atomic E-state index is 0.0232. The summed E-state index contributed by atoms with van der Waals surface area (Å²) in [6.07, 6.45) is 2.29. The second kappa shape index (κ2) is 6.52. The Balaban J connectivity index is 2.06. The van der Waals surface area contributed by atoms with E-state index in [1.165, 1.54) is 0 Å². The lowest BCUT2D eigenvalue weighted by Gasteiger charge is -2.34. The molecule has 1 aliphatic heterocycles. The number of benzene rings is 1. The highest BCUT2D eigenvalue weighted by Gasteiger charge is 2.23. The Morgan fingerprint density at radius 1 is 1.60 bits per heavy atom. The first-order chi connectivity index (χ1) is 9.47. The van der Waals surface area contributed by atoms with Gasteiger partial charge in [-0.1, -0.05) is 17.7 Å². The number of hydrogen-bond donors (Lipinski definition) is 1. The van der Waals surface area contributed by atoms with E-state index in [-0.39, 0.29) is 16.8 Å². The number of nitrogens with zero attached hydrogens (tertiary/aromatic N) is 2. The van der Waals surface area contributed by atoms with Crippen LogP contribution >= 0.6 is 11.6 Å². The standard InChI is InChI=1S/C14H20ClN3O2/c1-10(16)12-3-2-6-17(9-12)8-11-4-5-13(15)14(7-11)18(19)20/h4-5,7,10,12H,2-3,6,8-9,16H2,1H3. The summed E-state index contributed by atoms with van der Waals surface area (Å²) < 4.78 is 0. The second-order valence-electron chi connectivity index (χ2n) is 5.54. The predicted molar refractivity (Wildman–Crippen MR) is 79.8 cm³/mol. The van der Waals surface area contributed by atoms with Gasteiger partial charge in [-0.15, -0.1) is 0 Å². The van der Waals surface area contributed by atoms with E-state index >= 15 is 0 Å². The second-order valence-corrected chi connectivity index (χ2v) is 5.95. The molecule has 1 fully saturated rings. The zero-order valence-corrected chi connectivity index (χ0v) is 12.3. The monoisotopic (exact) mass is 297 g/mol. The minimum atomic E-state index is -0.438. The molecule has 0 aromatic heterocycles. The van der Waals surface area contributed by atoms with Gasteiger partial charge in [0.1, 0.15) is 5.02 Å². The van der Waals surface area contributed by atoms with Gasteiger partial charge >= 0.3 is 0 Å². The van der Waals surface area contributed by atoms with Crippen molar-refractivity contribution in [3.63, 3.8) is 0 Å². The predicted octanol–water partition coefficient (Wildman–Crippen LogP) is 2.81. The van der Waals surface area contributed by atoms with E-state index in [2.05, 4.69) is 4.90 Å². The number of nitrogens with two attached hydrogens (primary N) is 1. The zero-order valence-electron chi connectivity index (χ0n) is 11.6. The molecule has 0 aliphatic carbocycles. The van der Waals surface area contributed by atoms with Crippen molar-refractivity contribution in [1.29, 1.82) is 0 Å². The topological polar surface area (TPSA) is 72.4 Å². The summed E-state index contributed by atoms with van der Waals surface area (Å²) in [5.74, 6) is 0.506. The molecular formula is C14H20ClN3O2. The number of nitro benzene ring substituents is 1. The zero-order chi connectivity index (χ0) is 14.7. The van der Waals surface area contributed by atoms with Crippen LogP contribution in [0.25, 0.3) is 0 Å². The lowest BCUT2D eigenvalue weighted by atomic mass is 9.92. The highest BCUT2D eigenvalue weighted by atomic mass is 35.5. The summed E-state index contributed by atoms with van der Waals surface area (Å²) in [7, 11) is 0. The maximum atomic E-state index is 10.9. The average molecular weight is 298 g/mol. The van der Waals surface area contributed by atoms with E-state index in [0.717, 1.165) is 31.5 Å². The average Bonchev–Trinajstić information content (AvgIpc) is 2.41. The van der Waals surface area contributed by atoms with Crippen LogP contribution in [0.5, 0.6) is 0 Å². The van der Waals surface area contributed by atoms with Gasteiger partial charge in [0.25, 0.3) is 5.69 Å². The molecule has 0 amide bonds. The van der Waals surface area contributed by atoms with Crippen molar-refractivity contribution in [3.05, 3.63) is 38.9 Å². The van der Waals surface area contributed by atoms with Gasteiger partial charge in [-0.05, 0) is 43.9 Å². The van der Waals surface area contributed by atoms with Crippen LogP contribution in [-0.4, -0.2) is 29.0 Å². The fourth-order valence-electron chi connectivity index (χ4n) is 2.72. The first kappa shape index (κ1) is 15.2. The first-order valence-corrected chi connectivity index (χ1v) is 7.26. The van der Waals surface area contributed by atoms with Crippen molar-refractivity contribution in [2.24, 2.45) is 11.7 Å². The van der Waals surface area contributed by atoms with E-state index in [1.807, 2.05) is 13.0 Å². The molecule has 0 radical (unpaired) electrons. The van der Waals surface area contributed by atoms with Gasteiger partial charge in [0.2, 0.25) is 0 Å². The fraction of sp³-hybridized carbons (Fsp3) is 0.571. The molecule has 2 atom stereocenters. The van der Waals surface area contributed by atoms with E-state index in [9.17, 15) is 10.1 Å². The van der Waals surface area contributed by atoms with Gasteiger partial charge < -0.3 is 5.73 Å². The Morgan fingerprint density at radius 2 is 2.35 bits per heavy atom. The maximum Gasteiger partial charge on any atom is 0.288 e. The van der Waals surface area contributed by atoms with Crippen LogP contribution in [0.15, 0.2) is 18.2 Å². The summed E-state index contributed by atoms with van der Waals surface area (Å²) in [5.41, 5.74) is 6.87. The number of rotatable bonds is 4. The van der Waals surface area contributed by atoms with Crippen molar-refractivity contribution in [2.45, 2.75) is 32.4 Å². The molecule has 2 N–H and O–H groups in total. The van der Waals surface area contributed by atoms with Gasteiger partial charge in [-0.2, -0.15) is 0 Å². The van der Waals surface area contributed by atoms with Gasteiger partial charge in [0.15, 0.2) is 0 Å². The molecule has 0 bridgehead atoms. The van der Waals surface area contributed by atoms with Crippen LogP contribution in [-0.2, 0) is 6.54 Å². The molecule has 0 spiro atoms. The number of piperidine rings is 1. The van der Waals surface area contributed by atoms with E-state index in [0.29, 0.717) is 12.5 Å². The third kappa shape index (κ3) is 3.69. The highest BCUT2D eigenvalue weighted by Crippen LogP contribution is 2.27. The molecule has 110 valence electrons. The van der Waals surface area contributed by atoms with Crippen LogP contribution < -0.4 is 5.73 Å². The Morgan fingerprint density at radius 3 is 3.00 bits per heavy atom. The lowest BCUT2D eigenvalue weighted by molar-refractivity contribution is -0.384. The van der Waals surface area contributed by atoms with Crippen LogP contribution in [0, 0.1) is 16.0 Å². The quantitative estimate of drug-likeness (QED) is 0.685. The Labute approximate surface area is 123 Å². The number of hydrogen-bond acceptors (Lipinski definition) is 4. The van der Waals surface area contributed by atoms with Crippen molar-refractivity contribution in [3.8, 4) is 0 Å². The van der Waals surface area contributed by atoms with Crippen LogP contribution in [0.1, 0.15) is 25.3 Å². The van der Waals surface area contributed by atoms with Crippen molar-refractivity contribution >= 4 is 17.3 Å². The summed E-state index contributed by atoms with van der Waals surface area (Å²) in [6.45, 7) is 4.72. The summed E-state index contributed by atoms with van der Waals surface area (Å²) in [6, 6.07) is 5.21. The smallest absolute Gasteiger partial charge is 0.288 e. The molecule has 1 heterocycles. The molecule has 5 nitrogen and oxygen atoms in total. The van der Waals surface area contributed by atoms with Crippen LogP contribution in [0.2, 0.25) is 5.02 Å². The van der Waals surface area contributed by atoms with Crippen LogP contribution in [0.4, 0.5) is 5.69 Å². The Kier molecular flexibility index (Phi) is 4.96. The summed E-state index contributed by atoms with van der Waals surface area (Å²) >= 11 is 5.83. The third-order valence-electron chi connectivity index (χ3n) is 3.90. The van der Waals surface area contributed by atoms with E-state index in [1.54, 1.807) is 12.1 Å². The molecule has 1 aliphatic rings. The highest BCUT2D eigenvalue weighted by molar-refractivity contribution is 6.32. The molecule has 2 rings (SSSR count). The van der Waals surface area contributed by atoms with E-state index in [4.69, 9.17) is 17.3 Å². The molecule has 1 aromatic rings. The first-order valence-electron chi connectivity index (χ1n) is 6.88. The fourth-order valence-corrected chi connectivity index (χ4v) is 2.91. The van der Waals surface area contributed by atoms with Crippen LogP contribution in [0.3, 0.4) is 0 Å². The number of halogens is 1. The largest absolute Gasteiger partial charge is 0.328 e. The van der Waals surface area contributed by atoms with Gasteiger partial charge in [0.05, 0.1) is 4.92 Å². The van der Waals surface area contributed by atoms with Crippen molar-refractivity contribution in [1.82, 2.24) is 4.90 Å². The molecule has 2 unspecified atom stereocenters. The van der Waals surface area contributed by atoms with E-state index < -0.39 is 4.92 Å². The number of likely N-dealkylation sites (tertiary alicyclic amines) is 1. The maximum absolute atomic E-state index is 10.9. The molecule has 6 heteroatoms. The molecule has 1 saturated heterocycles. The Bertz CT molecular complexity index is 493. The number of nitro groups is 1. The van der Waals surface area contributed by atoms with Gasteiger partial charge in [-0.3, -0.25) is 15.0 Å². The van der Waals surface area contributed by atoms with Gasteiger partial charge in [0, 0.05) is 25.2 Å². The van der Waals surface area contributed by atoms with Crippen molar-refractivity contribution in [2.75, 3.05) is 13.1 Å². The summed E-state index contributed by atoms with van der Waals surface area (Å²) in [4.78, 5) is 12.8. The Hall–Kier alpha value is -1.17. The minimum Gasteiger partial charge on any atom is -0.328 e. The van der Waals surface area contributed by atoms with Crippen molar-refractivity contribution < 1.29 is 4.92 Å². The normalized spacial score (nSPS) is 21.6. The van der Waals surface area contributed by atoms with Gasteiger partial charge in [-0.25, -0.2) is 0 Å². The summed E-state index contributed by atoms with van der Waals surface area (Å²) in [5, 5.41) is 11.1. The SMILES string of the molecule is CC(N)C1CCCN(Cc2ccc(Cl)c([N+](=O)[O-])c2)C1.